The number of rotatable bonds is 4. The van der Waals surface area contributed by atoms with Gasteiger partial charge >= 0.3 is 5.97 Å². The standard InChI is InChI=1S/C16H12O5/c17-12-2-4-13(5-3-12)20-8-11-9-21-15-6-1-10(16(18)19)7-14(11)15/h1-7,9,17H,8H2,(H,18,19). The summed E-state index contributed by atoms with van der Waals surface area (Å²) in [7, 11) is 0. The van der Waals surface area contributed by atoms with Crippen LogP contribution >= 0.6 is 0 Å². The molecule has 0 saturated heterocycles. The quantitative estimate of drug-likeness (QED) is 0.767. The topological polar surface area (TPSA) is 79.9 Å². The van der Waals surface area contributed by atoms with E-state index in [1.54, 1.807) is 30.5 Å². The van der Waals surface area contributed by atoms with Gasteiger partial charge in [-0.05, 0) is 42.5 Å². The van der Waals surface area contributed by atoms with Crippen molar-refractivity contribution in [3.8, 4) is 11.5 Å². The van der Waals surface area contributed by atoms with Gasteiger partial charge in [-0.3, -0.25) is 0 Å². The fourth-order valence-corrected chi connectivity index (χ4v) is 2.03. The van der Waals surface area contributed by atoms with Gasteiger partial charge in [0.15, 0.2) is 0 Å². The second-order valence-corrected chi connectivity index (χ2v) is 4.56. The highest BCUT2D eigenvalue weighted by Gasteiger charge is 2.10. The van der Waals surface area contributed by atoms with Crippen molar-refractivity contribution in [1.29, 1.82) is 0 Å². The lowest BCUT2D eigenvalue weighted by atomic mass is 10.1. The molecule has 0 radical (unpaired) electrons. The van der Waals surface area contributed by atoms with Gasteiger partial charge < -0.3 is 19.4 Å². The molecule has 1 aromatic heterocycles. The number of ether oxygens (including phenoxy) is 1. The first-order valence-electron chi connectivity index (χ1n) is 6.29. The smallest absolute Gasteiger partial charge is 0.335 e. The molecule has 0 amide bonds. The summed E-state index contributed by atoms with van der Waals surface area (Å²) in [6.07, 6.45) is 1.55. The maximum atomic E-state index is 11.0. The molecular weight excluding hydrogens is 272 g/mol. The Bertz CT molecular complexity index is 786. The number of carboxylic acid groups (broad SMARTS) is 1. The number of fused-ring (bicyclic) bond motifs is 1. The zero-order chi connectivity index (χ0) is 14.8. The van der Waals surface area contributed by atoms with Crippen molar-refractivity contribution in [1.82, 2.24) is 0 Å². The van der Waals surface area contributed by atoms with E-state index in [-0.39, 0.29) is 17.9 Å². The first kappa shape index (κ1) is 13.1. The van der Waals surface area contributed by atoms with Crippen LogP contribution < -0.4 is 4.74 Å². The van der Waals surface area contributed by atoms with E-state index in [9.17, 15) is 9.90 Å². The molecule has 2 N–H and O–H groups in total. The van der Waals surface area contributed by atoms with E-state index in [1.165, 1.54) is 18.2 Å². The average Bonchev–Trinajstić information content (AvgIpc) is 2.89. The van der Waals surface area contributed by atoms with Gasteiger partial charge in [-0.1, -0.05) is 0 Å². The Kier molecular flexibility index (Phi) is 3.23. The number of phenolic OH excluding ortho intramolecular Hbond substituents is 1. The summed E-state index contributed by atoms with van der Waals surface area (Å²) in [5, 5.41) is 18.9. The maximum absolute atomic E-state index is 11.0. The summed E-state index contributed by atoms with van der Waals surface area (Å²) in [6, 6.07) is 11.1. The third kappa shape index (κ3) is 2.67. The van der Waals surface area contributed by atoms with Crippen molar-refractivity contribution in [2.24, 2.45) is 0 Å². The summed E-state index contributed by atoms with van der Waals surface area (Å²) in [4.78, 5) is 11.0. The highest BCUT2D eigenvalue weighted by molar-refractivity contribution is 5.93. The average molecular weight is 284 g/mol. The van der Waals surface area contributed by atoms with E-state index in [1.807, 2.05) is 0 Å². The van der Waals surface area contributed by atoms with Crippen LogP contribution in [0.25, 0.3) is 11.0 Å². The van der Waals surface area contributed by atoms with Gasteiger partial charge in [0.1, 0.15) is 23.7 Å². The van der Waals surface area contributed by atoms with Gasteiger partial charge in [0.2, 0.25) is 0 Å². The minimum atomic E-state index is -0.983. The molecule has 1 heterocycles. The Hall–Kier alpha value is -2.95. The number of aromatic carboxylic acids is 1. The van der Waals surface area contributed by atoms with E-state index >= 15 is 0 Å². The van der Waals surface area contributed by atoms with Crippen molar-refractivity contribution in [3.63, 3.8) is 0 Å². The van der Waals surface area contributed by atoms with Crippen LogP contribution in [-0.4, -0.2) is 16.2 Å². The summed E-state index contributed by atoms with van der Waals surface area (Å²) in [6.45, 7) is 0.251. The minimum Gasteiger partial charge on any atom is -0.508 e. The van der Waals surface area contributed by atoms with Crippen molar-refractivity contribution in [3.05, 3.63) is 59.9 Å². The molecule has 5 nitrogen and oxygen atoms in total. The molecule has 0 aliphatic rings. The summed E-state index contributed by atoms with van der Waals surface area (Å²) >= 11 is 0. The molecule has 3 rings (SSSR count). The Morgan fingerprint density at radius 1 is 1.14 bits per heavy atom. The van der Waals surface area contributed by atoms with Crippen LogP contribution in [-0.2, 0) is 6.61 Å². The lowest BCUT2D eigenvalue weighted by Crippen LogP contribution is -1.97. The molecule has 0 atom stereocenters. The summed E-state index contributed by atoms with van der Waals surface area (Å²) in [5.74, 6) is -0.206. The van der Waals surface area contributed by atoms with E-state index in [2.05, 4.69) is 0 Å². The first-order chi connectivity index (χ1) is 10.1. The molecule has 21 heavy (non-hydrogen) atoms. The van der Waals surface area contributed by atoms with E-state index < -0.39 is 5.97 Å². The molecule has 5 heteroatoms. The second kappa shape index (κ2) is 5.20. The molecule has 0 fully saturated rings. The Morgan fingerprint density at radius 2 is 1.90 bits per heavy atom. The third-order valence-corrected chi connectivity index (χ3v) is 3.13. The van der Waals surface area contributed by atoms with Crippen LogP contribution in [0.15, 0.2) is 53.1 Å². The van der Waals surface area contributed by atoms with Crippen molar-refractivity contribution < 1.29 is 24.2 Å². The summed E-state index contributed by atoms with van der Waals surface area (Å²) < 4.78 is 11.0. The lowest BCUT2D eigenvalue weighted by molar-refractivity contribution is 0.0697. The minimum absolute atomic E-state index is 0.169. The lowest BCUT2D eigenvalue weighted by Gasteiger charge is -2.05. The van der Waals surface area contributed by atoms with Crippen LogP contribution in [0.3, 0.4) is 0 Å². The number of carboxylic acids is 1. The predicted octanol–water partition coefficient (Wildman–Crippen LogP) is 3.42. The van der Waals surface area contributed by atoms with Crippen LogP contribution in [0.4, 0.5) is 0 Å². The Labute approximate surface area is 120 Å². The molecule has 0 aliphatic carbocycles. The number of phenols is 1. The molecule has 0 saturated carbocycles. The number of hydrogen-bond acceptors (Lipinski definition) is 4. The van der Waals surface area contributed by atoms with Crippen molar-refractivity contribution >= 4 is 16.9 Å². The molecule has 106 valence electrons. The molecule has 0 aliphatic heterocycles. The van der Waals surface area contributed by atoms with Crippen LogP contribution in [0.5, 0.6) is 11.5 Å². The monoisotopic (exact) mass is 284 g/mol. The van der Waals surface area contributed by atoms with E-state index in [0.29, 0.717) is 16.7 Å². The van der Waals surface area contributed by atoms with Crippen LogP contribution in [0, 0.1) is 0 Å². The fourth-order valence-electron chi connectivity index (χ4n) is 2.03. The van der Waals surface area contributed by atoms with Crippen molar-refractivity contribution in [2.45, 2.75) is 6.61 Å². The molecule has 0 unspecified atom stereocenters. The largest absolute Gasteiger partial charge is 0.508 e. The van der Waals surface area contributed by atoms with Gasteiger partial charge in [-0.25, -0.2) is 4.79 Å². The highest BCUT2D eigenvalue weighted by Crippen LogP contribution is 2.24. The normalized spacial score (nSPS) is 10.7. The molecule has 0 bridgehead atoms. The van der Waals surface area contributed by atoms with Gasteiger partial charge in [-0.2, -0.15) is 0 Å². The van der Waals surface area contributed by atoms with Gasteiger partial charge in [0, 0.05) is 10.9 Å². The zero-order valence-corrected chi connectivity index (χ0v) is 10.9. The Morgan fingerprint density at radius 3 is 2.62 bits per heavy atom. The van der Waals surface area contributed by atoms with Gasteiger partial charge in [0.25, 0.3) is 0 Å². The third-order valence-electron chi connectivity index (χ3n) is 3.13. The number of carbonyl (C=O) groups is 1. The van der Waals surface area contributed by atoms with Crippen LogP contribution in [0.2, 0.25) is 0 Å². The molecule has 3 aromatic rings. The molecule has 0 spiro atoms. The van der Waals surface area contributed by atoms with Gasteiger partial charge in [-0.15, -0.1) is 0 Å². The number of hydrogen-bond donors (Lipinski definition) is 2. The number of benzene rings is 2. The highest BCUT2D eigenvalue weighted by atomic mass is 16.5. The van der Waals surface area contributed by atoms with Crippen molar-refractivity contribution in [2.75, 3.05) is 0 Å². The first-order valence-corrected chi connectivity index (χ1v) is 6.29. The Balaban J connectivity index is 1.84. The van der Waals surface area contributed by atoms with E-state index in [0.717, 1.165) is 5.56 Å². The predicted molar refractivity (Wildman–Crippen MR) is 75.6 cm³/mol. The van der Waals surface area contributed by atoms with Gasteiger partial charge in [0.05, 0.1) is 11.8 Å². The maximum Gasteiger partial charge on any atom is 0.335 e. The van der Waals surface area contributed by atoms with E-state index in [4.69, 9.17) is 14.3 Å². The number of furan rings is 1. The molecular formula is C16H12O5. The fraction of sp³-hybridized carbons (Fsp3) is 0.0625. The molecule has 2 aromatic carbocycles. The zero-order valence-electron chi connectivity index (χ0n) is 10.9. The second-order valence-electron chi connectivity index (χ2n) is 4.56. The number of aromatic hydroxyl groups is 1. The van der Waals surface area contributed by atoms with Crippen LogP contribution in [0.1, 0.15) is 15.9 Å². The summed E-state index contributed by atoms with van der Waals surface area (Å²) in [5.41, 5.74) is 1.58. The SMILES string of the molecule is O=C(O)c1ccc2occ(COc3ccc(O)cc3)c2c1.